The fourth-order valence-electron chi connectivity index (χ4n) is 1.55. The number of nitrogens with two attached hydrogens (primary N) is 2. The molecule has 92 valence electrons. The van der Waals surface area contributed by atoms with Crippen LogP contribution in [-0.2, 0) is 13.1 Å². The van der Waals surface area contributed by atoms with Gasteiger partial charge in [0.15, 0.2) is 0 Å². The van der Waals surface area contributed by atoms with E-state index in [1.807, 2.05) is 17.1 Å². The van der Waals surface area contributed by atoms with E-state index in [0.29, 0.717) is 0 Å². The van der Waals surface area contributed by atoms with E-state index >= 15 is 0 Å². The number of hydrazone groups is 1. The topological polar surface area (TPSA) is 131 Å². The highest BCUT2D eigenvalue weighted by molar-refractivity contribution is 5.75. The van der Waals surface area contributed by atoms with Crippen molar-refractivity contribution in [2.75, 3.05) is 0 Å². The van der Waals surface area contributed by atoms with Crippen molar-refractivity contribution in [1.82, 2.24) is 5.01 Å². The normalized spacial score (nSPS) is 12.1. The van der Waals surface area contributed by atoms with Crippen LogP contribution < -0.4 is 11.5 Å². The van der Waals surface area contributed by atoms with E-state index < -0.39 is 5.09 Å². The maximum Gasteiger partial charge on any atom is 0.291 e. The molecule has 1 aromatic rings. The molecule has 0 unspecified atom stereocenters. The minimum absolute atomic E-state index is 0.118. The summed E-state index contributed by atoms with van der Waals surface area (Å²) < 4.78 is 0. The second-order valence-electron chi connectivity index (χ2n) is 3.35. The van der Waals surface area contributed by atoms with Crippen molar-refractivity contribution in [3.63, 3.8) is 0 Å². The highest BCUT2D eigenvalue weighted by atomic mass is 16.9. The molecule has 0 amide bonds. The third kappa shape index (κ3) is 4.24. The van der Waals surface area contributed by atoms with Gasteiger partial charge in [-0.05, 0) is 11.1 Å². The first-order valence-corrected chi connectivity index (χ1v) is 4.73. The van der Waals surface area contributed by atoms with E-state index in [9.17, 15) is 0 Å². The second-order valence-corrected chi connectivity index (χ2v) is 3.35. The molecule has 1 aliphatic rings. The first kappa shape index (κ1) is 12.6. The molecule has 0 atom stereocenters. The van der Waals surface area contributed by atoms with Crippen LogP contribution in [0.3, 0.4) is 0 Å². The predicted octanol–water partition coefficient (Wildman–Crippen LogP) is -0.157. The summed E-state index contributed by atoms with van der Waals surface area (Å²) in [6.07, 6.45) is 0. The maximum atomic E-state index is 8.36. The minimum Gasteiger partial charge on any atom is -0.369 e. The molecule has 8 heteroatoms. The molecule has 0 fully saturated rings. The number of hydrogen-bond acceptors (Lipinski definition) is 4. The molecule has 0 radical (unpaired) electrons. The number of rotatable bonds is 1. The monoisotopic (exact) mass is 239 g/mol. The lowest BCUT2D eigenvalue weighted by molar-refractivity contribution is -0.742. The lowest BCUT2D eigenvalue weighted by Gasteiger charge is -2.09. The number of guanidine groups is 1. The van der Waals surface area contributed by atoms with Crippen molar-refractivity contribution in [3.05, 3.63) is 45.5 Å². The quantitative estimate of drug-likeness (QED) is 0.270. The lowest BCUT2D eigenvalue weighted by Crippen LogP contribution is -2.26. The standard InChI is InChI=1S/C9H12N4.HNO3/c10-9(11)12-13-5-7-3-1-2-4-8(7)6-13;2-1(3)4/h1-4H,5-6H2,(H4,10,11,12);(H,2,3,4). The molecular weight excluding hydrogens is 226 g/mol. The van der Waals surface area contributed by atoms with Crippen LogP contribution in [0.1, 0.15) is 11.1 Å². The molecule has 1 aromatic carbocycles. The summed E-state index contributed by atoms with van der Waals surface area (Å²) in [5.41, 5.74) is 13.2. The molecule has 1 aliphatic heterocycles. The molecule has 0 spiro atoms. The zero-order valence-corrected chi connectivity index (χ0v) is 8.98. The van der Waals surface area contributed by atoms with Crippen molar-refractivity contribution >= 4 is 5.96 Å². The van der Waals surface area contributed by atoms with Gasteiger partial charge in [-0.3, -0.25) is 5.01 Å². The Morgan fingerprint density at radius 3 is 2.12 bits per heavy atom. The Morgan fingerprint density at radius 1 is 1.35 bits per heavy atom. The lowest BCUT2D eigenvalue weighted by atomic mass is 10.1. The minimum atomic E-state index is -1.50. The smallest absolute Gasteiger partial charge is 0.291 e. The van der Waals surface area contributed by atoms with E-state index in [0.717, 1.165) is 13.1 Å². The SMILES string of the molecule is NC(N)=NN1Cc2ccccc2C1.O=[N+]([O-])O. The Bertz CT molecular complexity index is 401. The summed E-state index contributed by atoms with van der Waals surface area (Å²) in [4.78, 5) is 8.36. The van der Waals surface area contributed by atoms with Crippen LogP contribution in [0.4, 0.5) is 0 Å². The van der Waals surface area contributed by atoms with Crippen LogP contribution in [0.25, 0.3) is 0 Å². The van der Waals surface area contributed by atoms with E-state index in [-0.39, 0.29) is 5.96 Å². The molecule has 17 heavy (non-hydrogen) atoms. The Labute approximate surface area is 97.2 Å². The molecular formula is C9H13N5O3. The summed E-state index contributed by atoms with van der Waals surface area (Å²) in [5, 5.41) is 19.5. The van der Waals surface area contributed by atoms with Crippen molar-refractivity contribution in [2.24, 2.45) is 16.6 Å². The van der Waals surface area contributed by atoms with Gasteiger partial charge in [-0.25, -0.2) is 0 Å². The molecule has 0 saturated heterocycles. The van der Waals surface area contributed by atoms with E-state index in [2.05, 4.69) is 17.2 Å². The highest BCUT2D eigenvalue weighted by Crippen LogP contribution is 2.21. The van der Waals surface area contributed by atoms with E-state index in [1.54, 1.807) is 0 Å². The first-order chi connectivity index (χ1) is 7.99. The highest BCUT2D eigenvalue weighted by Gasteiger charge is 2.16. The van der Waals surface area contributed by atoms with Gasteiger partial charge in [-0.2, -0.15) is 0 Å². The van der Waals surface area contributed by atoms with Crippen LogP contribution in [0, 0.1) is 10.1 Å². The van der Waals surface area contributed by atoms with Crippen LogP contribution >= 0.6 is 0 Å². The summed E-state index contributed by atoms with van der Waals surface area (Å²) in [5.74, 6) is 0.118. The average Bonchev–Trinajstić information content (AvgIpc) is 2.57. The van der Waals surface area contributed by atoms with Gasteiger partial charge in [-0.15, -0.1) is 15.2 Å². The van der Waals surface area contributed by atoms with Gasteiger partial charge in [0.05, 0.1) is 13.1 Å². The number of hydrogen-bond donors (Lipinski definition) is 3. The van der Waals surface area contributed by atoms with Gasteiger partial charge in [0.1, 0.15) is 0 Å². The fourth-order valence-corrected chi connectivity index (χ4v) is 1.55. The Balaban J connectivity index is 0.000000317. The molecule has 2 rings (SSSR count). The molecule has 0 aliphatic carbocycles. The van der Waals surface area contributed by atoms with E-state index in [4.69, 9.17) is 26.8 Å². The number of benzene rings is 1. The Hall–Kier alpha value is -2.51. The Kier molecular flexibility index (Phi) is 4.09. The van der Waals surface area contributed by atoms with Gasteiger partial charge in [0.25, 0.3) is 5.09 Å². The van der Waals surface area contributed by atoms with Crippen LogP contribution in [0.15, 0.2) is 29.4 Å². The zero-order valence-electron chi connectivity index (χ0n) is 8.98. The summed E-state index contributed by atoms with van der Waals surface area (Å²) >= 11 is 0. The van der Waals surface area contributed by atoms with Crippen molar-refractivity contribution in [1.29, 1.82) is 0 Å². The molecule has 0 saturated carbocycles. The van der Waals surface area contributed by atoms with Crippen LogP contribution in [0.5, 0.6) is 0 Å². The molecule has 0 bridgehead atoms. The first-order valence-electron chi connectivity index (χ1n) is 4.73. The maximum absolute atomic E-state index is 8.36. The third-order valence-electron chi connectivity index (χ3n) is 2.08. The van der Waals surface area contributed by atoms with Gasteiger partial charge >= 0.3 is 0 Å². The number of fused-ring (bicyclic) bond motifs is 1. The van der Waals surface area contributed by atoms with Gasteiger partial charge < -0.3 is 16.7 Å². The van der Waals surface area contributed by atoms with Crippen molar-refractivity contribution < 1.29 is 10.3 Å². The third-order valence-corrected chi connectivity index (χ3v) is 2.08. The van der Waals surface area contributed by atoms with E-state index in [1.165, 1.54) is 11.1 Å². The van der Waals surface area contributed by atoms with Gasteiger partial charge in [0, 0.05) is 0 Å². The molecule has 5 N–H and O–H groups in total. The average molecular weight is 239 g/mol. The zero-order chi connectivity index (χ0) is 12.8. The number of nitrogens with zero attached hydrogens (tertiary/aromatic N) is 3. The summed E-state index contributed by atoms with van der Waals surface area (Å²) in [6, 6.07) is 8.24. The van der Waals surface area contributed by atoms with Gasteiger partial charge in [0.2, 0.25) is 5.96 Å². The Morgan fingerprint density at radius 2 is 1.76 bits per heavy atom. The predicted molar refractivity (Wildman–Crippen MR) is 60.3 cm³/mol. The molecule has 1 heterocycles. The van der Waals surface area contributed by atoms with Crippen LogP contribution in [0.2, 0.25) is 0 Å². The summed E-state index contributed by atoms with van der Waals surface area (Å²) in [6.45, 7) is 1.60. The van der Waals surface area contributed by atoms with Crippen LogP contribution in [-0.4, -0.2) is 21.3 Å². The van der Waals surface area contributed by atoms with Crippen molar-refractivity contribution in [2.45, 2.75) is 13.1 Å². The van der Waals surface area contributed by atoms with Crippen molar-refractivity contribution in [3.8, 4) is 0 Å². The summed E-state index contributed by atoms with van der Waals surface area (Å²) in [7, 11) is 0. The largest absolute Gasteiger partial charge is 0.369 e. The van der Waals surface area contributed by atoms with Gasteiger partial charge in [-0.1, -0.05) is 24.3 Å². The second kappa shape index (κ2) is 5.54. The molecule has 0 aromatic heterocycles. The fraction of sp³-hybridized carbons (Fsp3) is 0.222. The molecule has 8 nitrogen and oxygen atoms in total.